The van der Waals surface area contributed by atoms with E-state index in [0.29, 0.717) is 0 Å². The Kier molecular flexibility index (Phi) is 12.5. The van der Waals surface area contributed by atoms with Crippen LogP contribution in [0.25, 0.3) is 11.1 Å². The maximum Gasteiger partial charge on any atom is 0.252 e. The summed E-state index contributed by atoms with van der Waals surface area (Å²) in [7, 11) is 0. The molecule has 0 atom stereocenters. The first-order valence-electron chi connectivity index (χ1n) is 29.6. The van der Waals surface area contributed by atoms with Crippen molar-refractivity contribution in [2.24, 2.45) is 0 Å². The van der Waals surface area contributed by atoms with Crippen LogP contribution in [0.3, 0.4) is 0 Å². The smallest absolute Gasteiger partial charge is 0.252 e. The predicted molar refractivity (Wildman–Crippen MR) is 351 cm³/mol. The zero-order chi connectivity index (χ0) is 57.5. The van der Waals surface area contributed by atoms with Crippen molar-refractivity contribution in [1.29, 1.82) is 0 Å². The molecule has 9 aromatic carbocycles. The Morgan fingerprint density at radius 3 is 1.31 bits per heavy atom. The molecular formula is C77H82BN3. The SMILES string of the molecule is Cc1cc2c3c(c1)N(c1ccc(C(C)(C)C)cc1-c1ccccc1)c1cc4c(cc1B3c1cc(N(c3ccc(C(C)(C)C)cc3)c3ccc(C(C)(C)C)cc3)ccc1N2c1ccc(C(C)(C)C)cc1)C(C)(C)c1ccccc1C4(C)C. The molecule has 2 aliphatic heterocycles. The largest absolute Gasteiger partial charge is 0.311 e. The van der Waals surface area contributed by atoms with Gasteiger partial charge in [-0.3, -0.25) is 0 Å². The van der Waals surface area contributed by atoms with E-state index in [1.54, 1.807) is 0 Å². The van der Waals surface area contributed by atoms with Crippen LogP contribution in [0.4, 0.5) is 51.2 Å². The van der Waals surface area contributed by atoms with Gasteiger partial charge in [-0.25, -0.2) is 0 Å². The third-order valence-electron chi connectivity index (χ3n) is 18.4. The summed E-state index contributed by atoms with van der Waals surface area (Å²) in [5.41, 5.74) is 28.5. The Bertz CT molecular complexity index is 3850. The van der Waals surface area contributed by atoms with Crippen LogP contribution >= 0.6 is 0 Å². The minimum Gasteiger partial charge on any atom is -0.311 e. The zero-order valence-corrected chi connectivity index (χ0v) is 51.3. The van der Waals surface area contributed by atoms with E-state index < -0.39 is 0 Å². The number of anilines is 9. The van der Waals surface area contributed by atoms with Gasteiger partial charge in [0.2, 0.25) is 0 Å². The molecule has 12 rings (SSSR count). The third kappa shape index (κ3) is 9.04. The molecule has 3 aliphatic rings. The maximum atomic E-state index is 2.67. The lowest BCUT2D eigenvalue weighted by atomic mass is 9.33. The van der Waals surface area contributed by atoms with Crippen molar-refractivity contribution >= 4 is 74.3 Å². The number of fused-ring (bicyclic) bond motifs is 6. The summed E-state index contributed by atoms with van der Waals surface area (Å²) in [4.78, 5) is 7.74. The summed E-state index contributed by atoms with van der Waals surface area (Å²) in [5, 5.41) is 0. The van der Waals surface area contributed by atoms with Crippen molar-refractivity contribution in [2.45, 2.75) is 150 Å². The van der Waals surface area contributed by atoms with E-state index in [9.17, 15) is 0 Å². The molecule has 2 heterocycles. The van der Waals surface area contributed by atoms with Gasteiger partial charge in [-0.05, 0) is 186 Å². The molecule has 0 fully saturated rings. The number of aryl methyl sites for hydroxylation is 1. The summed E-state index contributed by atoms with van der Waals surface area (Å²) in [5.74, 6) is 0. The van der Waals surface area contributed by atoms with Gasteiger partial charge in [0.1, 0.15) is 0 Å². The van der Waals surface area contributed by atoms with E-state index >= 15 is 0 Å². The van der Waals surface area contributed by atoms with Crippen molar-refractivity contribution in [1.82, 2.24) is 0 Å². The van der Waals surface area contributed by atoms with Crippen molar-refractivity contribution in [3.63, 3.8) is 0 Å². The Balaban J connectivity index is 1.20. The lowest BCUT2D eigenvalue weighted by Crippen LogP contribution is -2.62. The Morgan fingerprint density at radius 2 is 0.790 bits per heavy atom. The second-order valence-electron chi connectivity index (χ2n) is 28.9. The number of rotatable bonds is 6. The number of hydrogen-bond donors (Lipinski definition) is 0. The third-order valence-corrected chi connectivity index (χ3v) is 18.4. The minimum absolute atomic E-state index is 0.00562. The van der Waals surface area contributed by atoms with E-state index in [1.807, 2.05) is 0 Å². The van der Waals surface area contributed by atoms with E-state index in [-0.39, 0.29) is 39.2 Å². The minimum atomic E-state index is -0.267. The summed E-state index contributed by atoms with van der Waals surface area (Å²) in [6, 6.07) is 73.2. The topological polar surface area (TPSA) is 9.72 Å². The molecule has 1 aliphatic carbocycles. The quantitative estimate of drug-likeness (QED) is 0.154. The molecule has 0 saturated carbocycles. The van der Waals surface area contributed by atoms with Crippen molar-refractivity contribution in [2.75, 3.05) is 14.7 Å². The van der Waals surface area contributed by atoms with Crippen LogP contribution in [-0.4, -0.2) is 6.71 Å². The van der Waals surface area contributed by atoms with Gasteiger partial charge in [-0.2, -0.15) is 0 Å². The monoisotopic (exact) mass is 1060 g/mol. The standard InChI is InChI=1S/C77H82BN3/c1-49-43-69-71-70(44-49)81(66-41-33-54(75(11,12)13)45-59(66)50-23-19-18-20-24-50)68-48-63-62(76(14,15)60-25-21-22-26-61(60)77(63,16)17)47-65(68)78(71)64-46-58(40-42-67(64)80(69)57-38-31-53(32-39-57)74(8,9)10)79(55-34-27-51(28-35-55)72(2,3)4)56-36-29-52(30-37-56)73(5,6)7/h18-48H,1-17H3. The van der Waals surface area contributed by atoms with Crippen LogP contribution in [0.2, 0.25) is 0 Å². The van der Waals surface area contributed by atoms with Gasteiger partial charge >= 0.3 is 0 Å². The Labute approximate surface area is 485 Å². The average Bonchev–Trinajstić information content (AvgIpc) is 2.38. The van der Waals surface area contributed by atoms with E-state index in [2.05, 4.69) is 320 Å². The van der Waals surface area contributed by atoms with Gasteiger partial charge in [0, 0.05) is 61.9 Å². The molecule has 0 saturated heterocycles. The first-order valence-corrected chi connectivity index (χ1v) is 29.6. The molecule has 0 radical (unpaired) electrons. The molecule has 3 nitrogen and oxygen atoms in total. The van der Waals surface area contributed by atoms with Crippen molar-refractivity contribution in [3.8, 4) is 11.1 Å². The molecule has 0 aromatic heterocycles. The Hall–Kier alpha value is -7.56. The first-order chi connectivity index (χ1) is 38.1. The van der Waals surface area contributed by atoms with Crippen LogP contribution in [-0.2, 0) is 32.5 Å². The molecule has 0 bridgehead atoms. The van der Waals surface area contributed by atoms with Gasteiger partial charge < -0.3 is 14.7 Å². The maximum absolute atomic E-state index is 2.67. The average molecular weight is 1060 g/mol. The van der Waals surface area contributed by atoms with Gasteiger partial charge in [0.15, 0.2) is 0 Å². The van der Waals surface area contributed by atoms with Crippen molar-refractivity contribution < 1.29 is 0 Å². The highest BCUT2D eigenvalue weighted by atomic mass is 15.2. The summed E-state index contributed by atoms with van der Waals surface area (Å²) in [6.45, 7) is 39.7. The van der Waals surface area contributed by atoms with Crippen LogP contribution in [0.5, 0.6) is 0 Å². The van der Waals surface area contributed by atoms with Crippen molar-refractivity contribution in [3.05, 3.63) is 238 Å². The predicted octanol–water partition coefficient (Wildman–Crippen LogP) is 19.4. The molecule has 0 N–H and O–H groups in total. The summed E-state index contributed by atoms with van der Waals surface area (Å²) in [6.07, 6.45) is 0. The van der Waals surface area contributed by atoms with Crippen LogP contribution in [0, 0.1) is 6.92 Å². The second kappa shape index (κ2) is 18.7. The molecule has 0 unspecified atom stereocenters. The normalized spacial score (nSPS) is 15.1. The molecule has 4 heteroatoms. The molecule has 408 valence electrons. The van der Waals surface area contributed by atoms with Gasteiger partial charge in [0.25, 0.3) is 6.71 Å². The van der Waals surface area contributed by atoms with Gasteiger partial charge in [-0.15, -0.1) is 0 Å². The lowest BCUT2D eigenvalue weighted by Gasteiger charge is -2.48. The summed E-state index contributed by atoms with van der Waals surface area (Å²) >= 11 is 0. The number of hydrogen-bond acceptors (Lipinski definition) is 3. The highest BCUT2D eigenvalue weighted by Gasteiger charge is 2.48. The molecular weight excluding hydrogens is 978 g/mol. The fraction of sp³-hybridized carbons (Fsp3) is 0.299. The number of benzene rings is 9. The van der Waals surface area contributed by atoms with Crippen LogP contribution in [0.1, 0.15) is 161 Å². The highest BCUT2D eigenvalue weighted by molar-refractivity contribution is 7.00. The second-order valence-corrected chi connectivity index (χ2v) is 28.9. The van der Waals surface area contributed by atoms with E-state index in [0.717, 1.165) is 22.7 Å². The fourth-order valence-corrected chi connectivity index (χ4v) is 13.6. The zero-order valence-electron chi connectivity index (χ0n) is 51.3. The highest BCUT2D eigenvalue weighted by Crippen LogP contribution is 2.54. The van der Waals surface area contributed by atoms with Crippen LogP contribution < -0.4 is 31.1 Å². The number of nitrogens with zero attached hydrogens (tertiary/aromatic N) is 3. The molecule has 0 spiro atoms. The first kappa shape index (κ1) is 54.1. The van der Waals surface area contributed by atoms with E-state index in [4.69, 9.17) is 0 Å². The molecule has 9 aromatic rings. The van der Waals surface area contributed by atoms with Gasteiger partial charge in [0.05, 0.1) is 5.69 Å². The fourth-order valence-electron chi connectivity index (χ4n) is 13.6. The summed E-state index contributed by atoms with van der Waals surface area (Å²) < 4.78 is 0. The van der Waals surface area contributed by atoms with E-state index in [1.165, 1.54) is 106 Å². The lowest BCUT2D eigenvalue weighted by molar-refractivity contribution is 0.521. The molecule has 81 heavy (non-hydrogen) atoms. The van der Waals surface area contributed by atoms with Crippen LogP contribution in [0.15, 0.2) is 188 Å². The van der Waals surface area contributed by atoms with Gasteiger partial charge in [-0.1, -0.05) is 214 Å². The molecule has 0 amide bonds. The Morgan fingerprint density at radius 1 is 0.358 bits per heavy atom.